The molecule has 1 heterocycles. The SMILES string of the molecule is CCOC1C2=C(C)C(=O)OC2CC2CCCC(C)C21C. The normalized spacial score (nSPS) is 44.1. The lowest BCUT2D eigenvalue weighted by atomic mass is 9.53. The van der Waals surface area contributed by atoms with E-state index in [1.165, 1.54) is 19.3 Å². The van der Waals surface area contributed by atoms with Gasteiger partial charge in [0, 0.05) is 23.2 Å². The summed E-state index contributed by atoms with van der Waals surface area (Å²) in [6.07, 6.45) is 4.81. The highest BCUT2D eigenvalue weighted by atomic mass is 16.6. The average molecular weight is 278 g/mol. The van der Waals surface area contributed by atoms with E-state index >= 15 is 0 Å². The van der Waals surface area contributed by atoms with Crippen molar-refractivity contribution in [3.8, 4) is 0 Å². The fourth-order valence-electron chi connectivity index (χ4n) is 4.75. The number of rotatable bonds is 2. The lowest BCUT2D eigenvalue weighted by Crippen LogP contribution is -2.54. The molecule has 2 fully saturated rings. The molecule has 0 spiro atoms. The minimum absolute atomic E-state index is 0.0255. The van der Waals surface area contributed by atoms with Crippen molar-refractivity contribution in [1.29, 1.82) is 0 Å². The van der Waals surface area contributed by atoms with Crippen molar-refractivity contribution < 1.29 is 14.3 Å². The second kappa shape index (κ2) is 4.87. The third-order valence-corrected chi connectivity index (χ3v) is 6.15. The summed E-state index contributed by atoms with van der Waals surface area (Å²) in [5.74, 6) is 1.11. The van der Waals surface area contributed by atoms with Crippen LogP contribution in [-0.4, -0.2) is 24.8 Å². The van der Waals surface area contributed by atoms with Crippen molar-refractivity contribution in [3.05, 3.63) is 11.1 Å². The quantitative estimate of drug-likeness (QED) is 0.725. The van der Waals surface area contributed by atoms with Gasteiger partial charge in [0.2, 0.25) is 0 Å². The van der Waals surface area contributed by atoms with E-state index in [4.69, 9.17) is 9.47 Å². The van der Waals surface area contributed by atoms with Gasteiger partial charge in [0.05, 0.1) is 6.10 Å². The van der Waals surface area contributed by atoms with E-state index in [0.717, 1.165) is 17.6 Å². The third-order valence-electron chi connectivity index (χ3n) is 6.15. The molecule has 0 aromatic carbocycles. The van der Waals surface area contributed by atoms with Crippen LogP contribution in [0.3, 0.4) is 0 Å². The number of carbonyl (C=O) groups excluding carboxylic acids is 1. The Kier molecular flexibility index (Phi) is 3.44. The predicted octanol–water partition coefficient (Wildman–Crippen LogP) is 3.48. The van der Waals surface area contributed by atoms with Gasteiger partial charge in [0.1, 0.15) is 6.10 Å². The van der Waals surface area contributed by atoms with Crippen LogP contribution in [0, 0.1) is 17.3 Å². The van der Waals surface area contributed by atoms with Crippen molar-refractivity contribution in [2.45, 2.75) is 65.6 Å². The highest BCUT2D eigenvalue weighted by Crippen LogP contribution is 2.57. The van der Waals surface area contributed by atoms with E-state index in [2.05, 4.69) is 13.8 Å². The van der Waals surface area contributed by atoms with E-state index in [1.54, 1.807) is 0 Å². The summed E-state index contributed by atoms with van der Waals surface area (Å²) in [5, 5.41) is 0. The van der Waals surface area contributed by atoms with Crippen LogP contribution in [-0.2, 0) is 14.3 Å². The summed E-state index contributed by atoms with van der Waals surface area (Å²) < 4.78 is 11.8. The summed E-state index contributed by atoms with van der Waals surface area (Å²) >= 11 is 0. The van der Waals surface area contributed by atoms with E-state index in [-0.39, 0.29) is 23.6 Å². The molecule has 112 valence electrons. The van der Waals surface area contributed by atoms with E-state index in [9.17, 15) is 4.79 Å². The monoisotopic (exact) mass is 278 g/mol. The topological polar surface area (TPSA) is 35.5 Å². The highest BCUT2D eigenvalue weighted by Gasteiger charge is 2.57. The van der Waals surface area contributed by atoms with Gasteiger partial charge in [0.15, 0.2) is 0 Å². The molecule has 0 aromatic heterocycles. The molecule has 0 radical (unpaired) electrons. The van der Waals surface area contributed by atoms with Crippen molar-refractivity contribution in [2.75, 3.05) is 6.61 Å². The lowest BCUT2D eigenvalue weighted by Gasteiger charge is -2.55. The summed E-state index contributed by atoms with van der Waals surface area (Å²) in [4.78, 5) is 11.9. The first-order chi connectivity index (χ1) is 9.50. The summed E-state index contributed by atoms with van der Waals surface area (Å²) in [6.45, 7) is 9.37. The maximum absolute atomic E-state index is 11.9. The van der Waals surface area contributed by atoms with Crippen LogP contribution >= 0.6 is 0 Å². The summed E-state index contributed by atoms with van der Waals surface area (Å²) in [6, 6.07) is 0. The fraction of sp³-hybridized carbons (Fsp3) is 0.824. The molecule has 3 rings (SSSR count). The molecule has 3 aliphatic rings. The molecule has 0 aromatic rings. The largest absolute Gasteiger partial charge is 0.454 e. The van der Waals surface area contributed by atoms with Gasteiger partial charge in [-0.1, -0.05) is 26.7 Å². The third kappa shape index (κ3) is 1.78. The maximum Gasteiger partial charge on any atom is 0.334 e. The molecule has 5 atom stereocenters. The van der Waals surface area contributed by atoms with Crippen molar-refractivity contribution in [2.24, 2.45) is 17.3 Å². The number of hydrogen-bond donors (Lipinski definition) is 0. The van der Waals surface area contributed by atoms with E-state index in [0.29, 0.717) is 18.4 Å². The Labute approximate surface area is 121 Å². The van der Waals surface area contributed by atoms with Crippen LogP contribution in [0.2, 0.25) is 0 Å². The standard InChI is InChI=1S/C17H26O3/c1-5-19-15-14-11(3)16(18)20-13(14)9-12-8-6-7-10(2)17(12,15)4/h10,12-13,15H,5-9H2,1-4H3. The van der Waals surface area contributed by atoms with Gasteiger partial charge in [-0.05, 0) is 38.5 Å². The molecule has 0 amide bonds. The van der Waals surface area contributed by atoms with Crippen LogP contribution < -0.4 is 0 Å². The van der Waals surface area contributed by atoms with Crippen LogP contribution in [0.5, 0.6) is 0 Å². The Morgan fingerprint density at radius 2 is 2.15 bits per heavy atom. The summed E-state index contributed by atoms with van der Waals surface area (Å²) in [7, 11) is 0. The van der Waals surface area contributed by atoms with Gasteiger partial charge in [0.25, 0.3) is 0 Å². The Morgan fingerprint density at radius 1 is 1.40 bits per heavy atom. The molecule has 0 bridgehead atoms. The second-order valence-corrected chi connectivity index (χ2v) is 6.94. The minimum atomic E-state index is -0.135. The molecule has 5 unspecified atom stereocenters. The van der Waals surface area contributed by atoms with Crippen LogP contribution in [0.1, 0.15) is 53.4 Å². The van der Waals surface area contributed by atoms with Crippen molar-refractivity contribution in [3.63, 3.8) is 0 Å². The van der Waals surface area contributed by atoms with E-state index < -0.39 is 0 Å². The number of carbonyl (C=O) groups is 1. The number of esters is 1. The smallest absolute Gasteiger partial charge is 0.334 e. The molecule has 20 heavy (non-hydrogen) atoms. The number of fused-ring (bicyclic) bond motifs is 2. The molecule has 1 aliphatic heterocycles. The zero-order valence-corrected chi connectivity index (χ0v) is 13.1. The van der Waals surface area contributed by atoms with Gasteiger partial charge in [-0.3, -0.25) is 0 Å². The van der Waals surface area contributed by atoms with Gasteiger partial charge in [-0.2, -0.15) is 0 Å². The van der Waals surface area contributed by atoms with Gasteiger partial charge in [-0.25, -0.2) is 4.79 Å². The lowest BCUT2D eigenvalue weighted by molar-refractivity contribution is -0.149. The summed E-state index contributed by atoms with van der Waals surface area (Å²) in [5.41, 5.74) is 2.09. The Bertz CT molecular complexity index is 453. The molecule has 0 N–H and O–H groups in total. The molecular formula is C17H26O3. The number of hydrogen-bond acceptors (Lipinski definition) is 3. The Morgan fingerprint density at radius 3 is 2.85 bits per heavy atom. The molecule has 2 saturated carbocycles. The first kappa shape index (κ1) is 14.1. The first-order valence-corrected chi connectivity index (χ1v) is 8.03. The first-order valence-electron chi connectivity index (χ1n) is 8.03. The van der Waals surface area contributed by atoms with E-state index in [1.807, 2.05) is 13.8 Å². The van der Waals surface area contributed by atoms with Gasteiger partial charge in [-0.15, -0.1) is 0 Å². The Hall–Kier alpha value is -0.830. The average Bonchev–Trinajstić information content (AvgIpc) is 2.68. The zero-order chi connectivity index (χ0) is 14.5. The molecule has 3 heteroatoms. The zero-order valence-electron chi connectivity index (χ0n) is 13.1. The highest BCUT2D eigenvalue weighted by molar-refractivity contribution is 5.92. The molecule has 2 aliphatic carbocycles. The maximum atomic E-state index is 11.9. The van der Waals surface area contributed by atoms with Gasteiger partial charge >= 0.3 is 5.97 Å². The minimum Gasteiger partial charge on any atom is -0.454 e. The van der Waals surface area contributed by atoms with Crippen molar-refractivity contribution >= 4 is 5.97 Å². The fourth-order valence-corrected chi connectivity index (χ4v) is 4.75. The molecule has 0 saturated heterocycles. The van der Waals surface area contributed by atoms with Crippen LogP contribution in [0.15, 0.2) is 11.1 Å². The predicted molar refractivity (Wildman–Crippen MR) is 77.2 cm³/mol. The van der Waals surface area contributed by atoms with Crippen LogP contribution in [0.4, 0.5) is 0 Å². The molecule has 3 nitrogen and oxygen atoms in total. The van der Waals surface area contributed by atoms with Gasteiger partial charge < -0.3 is 9.47 Å². The second-order valence-electron chi connectivity index (χ2n) is 6.94. The van der Waals surface area contributed by atoms with Crippen LogP contribution in [0.25, 0.3) is 0 Å². The Balaban J connectivity index is 2.06. The number of ether oxygens (including phenoxy) is 2. The molecular weight excluding hydrogens is 252 g/mol. The van der Waals surface area contributed by atoms with Crippen molar-refractivity contribution in [1.82, 2.24) is 0 Å².